The van der Waals surface area contributed by atoms with Crippen LogP contribution in [0.25, 0.3) is 22.3 Å². The lowest BCUT2D eigenvalue weighted by Gasteiger charge is -2.33. The molecule has 0 atom stereocenters. The highest BCUT2D eigenvalue weighted by molar-refractivity contribution is 6.31. The molecule has 0 aliphatic carbocycles. The predicted molar refractivity (Wildman–Crippen MR) is 98.3 cm³/mol. The molecule has 1 nitrogen and oxygen atoms in total. The molecule has 3 aromatic rings. The Balaban J connectivity index is 2.33. The molecule has 0 spiro atoms. The maximum atomic E-state index is 13.5. The van der Waals surface area contributed by atoms with E-state index in [0.29, 0.717) is 17.7 Å². The zero-order valence-electron chi connectivity index (χ0n) is 14.8. The highest BCUT2D eigenvalue weighted by Gasteiger charge is 2.71. The first-order valence-electron chi connectivity index (χ1n) is 8.37. The molecule has 0 unspecified atom stereocenters. The van der Waals surface area contributed by atoms with Gasteiger partial charge in [-0.05, 0) is 40.5 Å². The van der Waals surface area contributed by atoms with Crippen molar-refractivity contribution in [1.82, 2.24) is 0 Å². The van der Waals surface area contributed by atoms with E-state index in [1.54, 1.807) is 30.3 Å². The molecular weight excluding hydrogens is 437 g/mol. The van der Waals surface area contributed by atoms with Crippen LogP contribution in [0.4, 0.5) is 30.7 Å². The van der Waals surface area contributed by atoms with Crippen molar-refractivity contribution >= 4 is 11.6 Å². The van der Waals surface area contributed by atoms with E-state index in [1.165, 1.54) is 6.07 Å². The monoisotopic (exact) mass is 448 g/mol. The van der Waals surface area contributed by atoms with Gasteiger partial charge < -0.3 is 5.11 Å². The van der Waals surface area contributed by atoms with E-state index in [1.807, 2.05) is 0 Å². The SMILES string of the molecule is OC(c1ccc(-c2ccccc2)c(-c2ccc(F)c(Cl)c2)c1)(C(F)(F)F)C(F)(F)F. The van der Waals surface area contributed by atoms with Gasteiger partial charge in [0.05, 0.1) is 5.02 Å². The number of halogens is 8. The minimum Gasteiger partial charge on any atom is -0.369 e. The second-order valence-corrected chi connectivity index (χ2v) is 6.87. The summed E-state index contributed by atoms with van der Waals surface area (Å²) in [7, 11) is 0. The maximum absolute atomic E-state index is 13.5. The molecule has 0 radical (unpaired) electrons. The summed E-state index contributed by atoms with van der Waals surface area (Å²) in [5.74, 6) is -0.806. The fourth-order valence-electron chi connectivity index (χ4n) is 3.03. The van der Waals surface area contributed by atoms with Crippen LogP contribution in [-0.4, -0.2) is 17.5 Å². The van der Waals surface area contributed by atoms with Crippen LogP contribution in [0.1, 0.15) is 5.56 Å². The quantitative estimate of drug-likeness (QED) is 0.423. The topological polar surface area (TPSA) is 20.2 Å². The van der Waals surface area contributed by atoms with Crippen LogP contribution in [0.2, 0.25) is 5.02 Å². The van der Waals surface area contributed by atoms with Gasteiger partial charge >= 0.3 is 12.4 Å². The molecule has 0 aromatic heterocycles. The van der Waals surface area contributed by atoms with Crippen molar-refractivity contribution < 1.29 is 35.8 Å². The largest absolute Gasteiger partial charge is 0.430 e. The summed E-state index contributed by atoms with van der Waals surface area (Å²) >= 11 is 5.75. The molecule has 0 fully saturated rings. The Morgan fingerprint density at radius 3 is 1.80 bits per heavy atom. The zero-order chi connectivity index (χ0) is 22.3. The number of alkyl halides is 6. The van der Waals surface area contributed by atoms with Crippen LogP contribution in [0.3, 0.4) is 0 Å². The van der Waals surface area contributed by atoms with Crippen LogP contribution in [0.5, 0.6) is 0 Å². The number of aliphatic hydroxyl groups is 1. The van der Waals surface area contributed by atoms with Gasteiger partial charge in [0.2, 0.25) is 0 Å². The number of hydrogen-bond acceptors (Lipinski definition) is 1. The van der Waals surface area contributed by atoms with Crippen LogP contribution >= 0.6 is 11.6 Å². The summed E-state index contributed by atoms with van der Waals surface area (Å²) in [5.41, 5.74) is -5.76. The van der Waals surface area contributed by atoms with E-state index >= 15 is 0 Å². The number of benzene rings is 3. The first kappa shape index (κ1) is 22.1. The van der Waals surface area contributed by atoms with Crippen molar-refractivity contribution in [3.8, 4) is 22.3 Å². The third-order valence-corrected chi connectivity index (χ3v) is 4.86. The van der Waals surface area contributed by atoms with Crippen LogP contribution in [0.15, 0.2) is 66.7 Å². The predicted octanol–water partition coefficient (Wildman–Crippen LogP) is 7.13. The average Bonchev–Trinajstić information content (AvgIpc) is 2.68. The Morgan fingerprint density at radius 1 is 0.667 bits per heavy atom. The molecule has 0 bridgehead atoms. The van der Waals surface area contributed by atoms with Crippen LogP contribution < -0.4 is 0 Å². The van der Waals surface area contributed by atoms with E-state index in [9.17, 15) is 35.8 Å². The van der Waals surface area contributed by atoms with Gasteiger partial charge in [0.15, 0.2) is 0 Å². The Labute approximate surface area is 171 Å². The molecule has 0 aliphatic heterocycles. The van der Waals surface area contributed by atoms with E-state index < -0.39 is 29.3 Å². The molecule has 30 heavy (non-hydrogen) atoms. The molecule has 9 heteroatoms. The van der Waals surface area contributed by atoms with Gasteiger partial charge in [-0.3, -0.25) is 0 Å². The Morgan fingerprint density at radius 2 is 1.27 bits per heavy atom. The number of hydrogen-bond donors (Lipinski definition) is 1. The molecule has 0 amide bonds. The van der Waals surface area contributed by atoms with Gasteiger partial charge in [0.25, 0.3) is 5.60 Å². The van der Waals surface area contributed by atoms with Crippen molar-refractivity contribution in [1.29, 1.82) is 0 Å². The Bertz CT molecular complexity index is 1050. The van der Waals surface area contributed by atoms with E-state index in [2.05, 4.69) is 0 Å². The molecule has 0 aliphatic rings. The zero-order valence-corrected chi connectivity index (χ0v) is 15.6. The van der Waals surface area contributed by atoms with Gasteiger partial charge in [-0.25, -0.2) is 4.39 Å². The van der Waals surface area contributed by atoms with Gasteiger partial charge in [-0.15, -0.1) is 0 Å². The summed E-state index contributed by atoms with van der Waals surface area (Å²) in [6, 6.07) is 13.5. The normalized spacial score (nSPS) is 12.8. The molecule has 0 saturated carbocycles. The fraction of sp³-hybridized carbons (Fsp3) is 0.143. The summed E-state index contributed by atoms with van der Waals surface area (Å²) in [6.07, 6.45) is -12.1. The van der Waals surface area contributed by atoms with Crippen molar-refractivity contribution in [3.05, 3.63) is 83.1 Å². The summed E-state index contributed by atoms with van der Waals surface area (Å²) in [4.78, 5) is 0. The smallest absolute Gasteiger partial charge is 0.369 e. The van der Waals surface area contributed by atoms with Gasteiger partial charge in [-0.1, -0.05) is 60.1 Å². The van der Waals surface area contributed by atoms with Crippen molar-refractivity contribution in [2.75, 3.05) is 0 Å². The second kappa shape index (κ2) is 7.59. The lowest BCUT2D eigenvalue weighted by Crippen LogP contribution is -2.53. The molecular formula is C21H12ClF7O. The van der Waals surface area contributed by atoms with Gasteiger partial charge in [0.1, 0.15) is 5.82 Å². The van der Waals surface area contributed by atoms with E-state index in [0.717, 1.165) is 18.2 Å². The minimum absolute atomic E-state index is 0.0776. The second-order valence-electron chi connectivity index (χ2n) is 6.46. The maximum Gasteiger partial charge on any atom is 0.430 e. The van der Waals surface area contributed by atoms with E-state index in [-0.39, 0.29) is 21.7 Å². The van der Waals surface area contributed by atoms with Gasteiger partial charge in [-0.2, -0.15) is 26.3 Å². The third-order valence-electron chi connectivity index (χ3n) is 4.57. The third kappa shape index (κ3) is 3.77. The fourth-order valence-corrected chi connectivity index (χ4v) is 3.21. The lowest BCUT2D eigenvalue weighted by molar-refractivity contribution is -0.376. The first-order chi connectivity index (χ1) is 13.9. The van der Waals surface area contributed by atoms with Crippen molar-refractivity contribution in [2.24, 2.45) is 0 Å². The molecule has 0 heterocycles. The average molecular weight is 449 g/mol. The molecule has 3 aromatic carbocycles. The highest BCUT2D eigenvalue weighted by atomic mass is 35.5. The highest BCUT2D eigenvalue weighted by Crippen LogP contribution is 2.51. The molecule has 1 N–H and O–H groups in total. The number of rotatable bonds is 3. The van der Waals surface area contributed by atoms with E-state index in [4.69, 9.17) is 11.6 Å². The molecule has 158 valence electrons. The standard InChI is InChI=1S/C21H12ClF7O/c22-17-10-13(6-9-18(17)23)16-11-14(19(30,20(24,25)26)21(27,28)29)7-8-15(16)12-4-2-1-3-5-12/h1-11,30H. The van der Waals surface area contributed by atoms with Gasteiger partial charge in [0, 0.05) is 5.56 Å². The lowest BCUT2D eigenvalue weighted by atomic mass is 9.86. The Hall–Kier alpha value is -2.58. The molecule has 0 saturated heterocycles. The van der Waals surface area contributed by atoms with Crippen LogP contribution in [0, 0.1) is 5.82 Å². The Kier molecular flexibility index (Phi) is 5.60. The minimum atomic E-state index is -6.03. The first-order valence-corrected chi connectivity index (χ1v) is 8.75. The van der Waals surface area contributed by atoms with Crippen molar-refractivity contribution in [2.45, 2.75) is 18.0 Å². The summed E-state index contributed by atoms with van der Waals surface area (Å²) in [6.45, 7) is 0. The summed E-state index contributed by atoms with van der Waals surface area (Å²) in [5, 5.41) is 9.39. The van der Waals surface area contributed by atoms with Crippen LogP contribution in [-0.2, 0) is 5.60 Å². The summed E-state index contributed by atoms with van der Waals surface area (Å²) < 4.78 is 93.5. The van der Waals surface area contributed by atoms with Crippen molar-refractivity contribution in [3.63, 3.8) is 0 Å². The molecule has 3 rings (SSSR count).